The highest BCUT2D eigenvalue weighted by Crippen LogP contribution is 2.30. The second-order valence-corrected chi connectivity index (χ2v) is 5.51. The molecule has 2 heterocycles. The topological polar surface area (TPSA) is 74.0 Å². The van der Waals surface area contributed by atoms with Gasteiger partial charge in [-0.3, -0.25) is 9.69 Å². The van der Waals surface area contributed by atoms with E-state index in [0.29, 0.717) is 13.1 Å². The molecule has 2 aliphatic rings. The van der Waals surface area contributed by atoms with Gasteiger partial charge >= 0.3 is 5.97 Å². The van der Waals surface area contributed by atoms with Crippen molar-refractivity contribution in [1.29, 1.82) is 0 Å². The zero-order valence-corrected chi connectivity index (χ0v) is 11.2. The zero-order chi connectivity index (χ0) is 14.1. The standard InChI is InChI=1S/C14H18N2O4/c17-13(11-3-4-12(20-11)14(18)19)16-7-5-15(6-8-16)9-10-1-2-10/h3-4,10H,1-2,5-9H2,(H,18,19). The van der Waals surface area contributed by atoms with Crippen molar-refractivity contribution in [2.45, 2.75) is 12.8 Å². The lowest BCUT2D eigenvalue weighted by Crippen LogP contribution is -2.49. The fraction of sp³-hybridized carbons (Fsp3) is 0.571. The van der Waals surface area contributed by atoms with E-state index in [1.165, 1.54) is 25.0 Å². The van der Waals surface area contributed by atoms with Gasteiger partial charge in [0.25, 0.3) is 5.91 Å². The molecule has 0 bridgehead atoms. The molecular weight excluding hydrogens is 260 g/mol. The van der Waals surface area contributed by atoms with Crippen LogP contribution in [0, 0.1) is 5.92 Å². The monoisotopic (exact) mass is 278 g/mol. The van der Waals surface area contributed by atoms with Crippen molar-refractivity contribution in [3.8, 4) is 0 Å². The van der Waals surface area contributed by atoms with Crippen molar-refractivity contribution in [1.82, 2.24) is 9.80 Å². The molecule has 2 fully saturated rings. The quantitative estimate of drug-likeness (QED) is 0.894. The van der Waals surface area contributed by atoms with Gasteiger partial charge in [-0.15, -0.1) is 0 Å². The summed E-state index contributed by atoms with van der Waals surface area (Å²) < 4.78 is 5.06. The summed E-state index contributed by atoms with van der Waals surface area (Å²) in [5, 5.41) is 8.79. The molecule has 3 rings (SSSR count). The van der Waals surface area contributed by atoms with Crippen LogP contribution in [0.25, 0.3) is 0 Å². The van der Waals surface area contributed by atoms with Crippen LogP contribution in [0.15, 0.2) is 16.5 Å². The lowest BCUT2D eigenvalue weighted by atomic mass is 10.2. The molecule has 6 heteroatoms. The molecule has 1 saturated heterocycles. The Balaban J connectivity index is 1.56. The van der Waals surface area contributed by atoms with Gasteiger partial charge < -0.3 is 14.4 Å². The van der Waals surface area contributed by atoms with Gasteiger partial charge in [-0.05, 0) is 30.9 Å². The van der Waals surface area contributed by atoms with Gasteiger partial charge in [0.2, 0.25) is 5.76 Å². The molecule has 0 atom stereocenters. The first-order valence-electron chi connectivity index (χ1n) is 6.98. The van der Waals surface area contributed by atoms with Crippen molar-refractivity contribution in [3.05, 3.63) is 23.7 Å². The number of amides is 1. The van der Waals surface area contributed by atoms with Crippen molar-refractivity contribution in [2.75, 3.05) is 32.7 Å². The molecule has 1 aliphatic carbocycles. The normalized spacial score (nSPS) is 20.1. The maximum atomic E-state index is 12.2. The first-order valence-corrected chi connectivity index (χ1v) is 6.98. The third kappa shape index (κ3) is 2.85. The van der Waals surface area contributed by atoms with Crippen LogP contribution in [-0.4, -0.2) is 59.5 Å². The minimum Gasteiger partial charge on any atom is -0.475 e. The average molecular weight is 278 g/mol. The molecule has 1 aromatic heterocycles. The first-order chi connectivity index (χ1) is 9.63. The summed E-state index contributed by atoms with van der Waals surface area (Å²) in [5.74, 6) is -0.596. The van der Waals surface area contributed by atoms with Crippen LogP contribution in [0.3, 0.4) is 0 Å². The van der Waals surface area contributed by atoms with Crippen molar-refractivity contribution in [2.24, 2.45) is 5.92 Å². The number of furan rings is 1. The maximum Gasteiger partial charge on any atom is 0.371 e. The molecule has 0 radical (unpaired) electrons. The van der Waals surface area contributed by atoms with Gasteiger partial charge in [0, 0.05) is 32.7 Å². The van der Waals surface area contributed by atoms with E-state index in [9.17, 15) is 9.59 Å². The lowest BCUT2D eigenvalue weighted by Gasteiger charge is -2.34. The van der Waals surface area contributed by atoms with Crippen molar-refractivity contribution < 1.29 is 19.1 Å². The number of hydrogen-bond acceptors (Lipinski definition) is 4. The molecule has 108 valence electrons. The summed E-state index contributed by atoms with van der Waals surface area (Å²) in [6.45, 7) is 4.26. The van der Waals surface area contributed by atoms with E-state index in [1.807, 2.05) is 0 Å². The molecule has 1 aliphatic heterocycles. The number of carboxylic acid groups (broad SMARTS) is 1. The number of aromatic carboxylic acids is 1. The van der Waals surface area contributed by atoms with E-state index >= 15 is 0 Å². The highest BCUT2D eigenvalue weighted by atomic mass is 16.4. The Hall–Kier alpha value is -1.82. The molecule has 1 amide bonds. The Kier molecular flexibility index (Phi) is 3.48. The number of piperazine rings is 1. The molecule has 1 saturated carbocycles. The summed E-state index contributed by atoms with van der Waals surface area (Å²) in [4.78, 5) is 27.1. The fourth-order valence-corrected chi connectivity index (χ4v) is 2.52. The number of rotatable bonds is 4. The second-order valence-electron chi connectivity index (χ2n) is 5.51. The third-order valence-electron chi connectivity index (χ3n) is 3.90. The molecule has 1 N–H and O–H groups in total. The molecule has 0 aromatic carbocycles. The smallest absolute Gasteiger partial charge is 0.371 e. The number of nitrogens with zero attached hydrogens (tertiary/aromatic N) is 2. The number of carboxylic acids is 1. The zero-order valence-electron chi connectivity index (χ0n) is 11.2. The molecule has 1 aromatic rings. The number of hydrogen-bond donors (Lipinski definition) is 1. The Morgan fingerprint density at radius 2 is 1.80 bits per heavy atom. The van der Waals surface area contributed by atoms with Crippen LogP contribution >= 0.6 is 0 Å². The lowest BCUT2D eigenvalue weighted by molar-refractivity contribution is 0.0588. The number of carbonyl (C=O) groups excluding carboxylic acids is 1. The highest BCUT2D eigenvalue weighted by Gasteiger charge is 2.28. The van der Waals surface area contributed by atoms with Crippen LogP contribution in [0.1, 0.15) is 34.0 Å². The van der Waals surface area contributed by atoms with Gasteiger partial charge in [0.05, 0.1) is 0 Å². The maximum absolute atomic E-state index is 12.2. The average Bonchev–Trinajstić information content (AvgIpc) is 3.11. The third-order valence-corrected chi connectivity index (χ3v) is 3.90. The molecule has 20 heavy (non-hydrogen) atoms. The van der Waals surface area contributed by atoms with E-state index in [4.69, 9.17) is 9.52 Å². The number of carbonyl (C=O) groups is 2. The Morgan fingerprint density at radius 3 is 2.35 bits per heavy atom. The summed E-state index contributed by atoms with van der Waals surface area (Å²) in [7, 11) is 0. The van der Waals surface area contributed by atoms with Crippen LogP contribution in [0.5, 0.6) is 0 Å². The van der Waals surface area contributed by atoms with E-state index in [0.717, 1.165) is 25.6 Å². The highest BCUT2D eigenvalue weighted by molar-refractivity contribution is 5.93. The van der Waals surface area contributed by atoms with E-state index in [2.05, 4.69) is 4.90 Å². The van der Waals surface area contributed by atoms with Crippen LogP contribution < -0.4 is 0 Å². The van der Waals surface area contributed by atoms with Crippen molar-refractivity contribution >= 4 is 11.9 Å². The predicted octanol–water partition coefficient (Wildman–Crippen LogP) is 1.15. The minimum absolute atomic E-state index is 0.109. The van der Waals surface area contributed by atoms with Crippen LogP contribution in [0.2, 0.25) is 0 Å². The van der Waals surface area contributed by atoms with Crippen LogP contribution in [0.4, 0.5) is 0 Å². The molecule has 6 nitrogen and oxygen atoms in total. The summed E-state index contributed by atoms with van der Waals surface area (Å²) in [5.41, 5.74) is 0. The Labute approximate surface area is 117 Å². The SMILES string of the molecule is O=C(O)c1ccc(C(=O)N2CCN(CC3CC3)CC2)o1. The van der Waals surface area contributed by atoms with Crippen molar-refractivity contribution in [3.63, 3.8) is 0 Å². The minimum atomic E-state index is -1.15. The predicted molar refractivity (Wildman–Crippen MR) is 70.7 cm³/mol. The van der Waals surface area contributed by atoms with Crippen LogP contribution in [-0.2, 0) is 0 Å². The van der Waals surface area contributed by atoms with Gasteiger partial charge in [-0.2, -0.15) is 0 Å². The molecule has 0 spiro atoms. The molecular formula is C14H18N2O4. The van der Waals surface area contributed by atoms with Gasteiger partial charge in [0.15, 0.2) is 5.76 Å². The summed E-state index contributed by atoms with van der Waals surface area (Å²) >= 11 is 0. The second kappa shape index (κ2) is 5.28. The Morgan fingerprint density at radius 1 is 1.15 bits per heavy atom. The van der Waals surface area contributed by atoms with E-state index in [1.54, 1.807) is 4.90 Å². The summed E-state index contributed by atoms with van der Waals surface area (Å²) in [6, 6.07) is 2.75. The first kappa shape index (κ1) is 13.2. The molecule has 0 unspecified atom stereocenters. The van der Waals surface area contributed by atoms with Gasteiger partial charge in [-0.1, -0.05) is 0 Å². The van der Waals surface area contributed by atoms with E-state index in [-0.39, 0.29) is 17.4 Å². The Bertz CT molecular complexity index is 513. The van der Waals surface area contributed by atoms with Gasteiger partial charge in [-0.25, -0.2) is 4.79 Å². The van der Waals surface area contributed by atoms with E-state index < -0.39 is 5.97 Å². The fourth-order valence-electron chi connectivity index (χ4n) is 2.52. The van der Waals surface area contributed by atoms with Gasteiger partial charge in [0.1, 0.15) is 0 Å². The largest absolute Gasteiger partial charge is 0.475 e. The summed E-state index contributed by atoms with van der Waals surface area (Å²) in [6.07, 6.45) is 2.67.